The summed E-state index contributed by atoms with van der Waals surface area (Å²) >= 11 is 0. The summed E-state index contributed by atoms with van der Waals surface area (Å²) in [5.41, 5.74) is 0.918. The average Bonchev–Trinajstić information content (AvgIpc) is 2.54. The van der Waals surface area contributed by atoms with Crippen molar-refractivity contribution < 1.29 is 14.3 Å². The van der Waals surface area contributed by atoms with E-state index >= 15 is 0 Å². The molecule has 1 fully saturated rings. The lowest BCUT2D eigenvalue weighted by Gasteiger charge is -2.32. The molecule has 0 bridgehead atoms. The van der Waals surface area contributed by atoms with Crippen molar-refractivity contribution in [3.63, 3.8) is 0 Å². The maximum absolute atomic E-state index is 12.3. The van der Waals surface area contributed by atoms with E-state index in [0.29, 0.717) is 5.92 Å². The molecule has 22 heavy (non-hydrogen) atoms. The monoisotopic (exact) mass is 304 g/mol. The molecule has 1 unspecified atom stereocenters. The molecule has 1 saturated heterocycles. The van der Waals surface area contributed by atoms with E-state index in [-0.39, 0.29) is 12.5 Å². The van der Waals surface area contributed by atoms with E-state index in [2.05, 4.69) is 12.2 Å². The summed E-state index contributed by atoms with van der Waals surface area (Å²) in [6, 6.07) is 8.90. The standard InChI is InChI=1S/C17H24N2O3/c1-13-8-10-19(11-9-13)16(20)14(2)18-17(21)22-12-15-6-4-3-5-7-15/h3-7,13-14H,8-12H2,1-2H3,(H,18,21). The number of amides is 2. The van der Waals surface area contributed by atoms with Gasteiger partial charge in [0, 0.05) is 13.1 Å². The summed E-state index contributed by atoms with van der Waals surface area (Å²) in [5.74, 6) is 0.631. The largest absolute Gasteiger partial charge is 0.445 e. The fourth-order valence-corrected chi connectivity index (χ4v) is 2.51. The maximum Gasteiger partial charge on any atom is 0.408 e. The van der Waals surface area contributed by atoms with Crippen LogP contribution in [0.5, 0.6) is 0 Å². The van der Waals surface area contributed by atoms with Gasteiger partial charge in [-0.15, -0.1) is 0 Å². The summed E-state index contributed by atoms with van der Waals surface area (Å²) in [6.45, 7) is 5.64. The van der Waals surface area contributed by atoms with Crippen LogP contribution in [0.2, 0.25) is 0 Å². The first-order valence-electron chi connectivity index (χ1n) is 7.82. The van der Waals surface area contributed by atoms with E-state index in [9.17, 15) is 9.59 Å². The molecule has 2 amide bonds. The Morgan fingerprint density at radius 1 is 1.27 bits per heavy atom. The number of carbonyl (C=O) groups is 2. The Balaban J connectivity index is 1.74. The third kappa shape index (κ3) is 4.76. The minimum atomic E-state index is -0.560. The second-order valence-corrected chi connectivity index (χ2v) is 5.94. The Bertz CT molecular complexity index is 496. The van der Waals surface area contributed by atoms with Crippen molar-refractivity contribution in [3.8, 4) is 0 Å². The summed E-state index contributed by atoms with van der Waals surface area (Å²) < 4.78 is 5.13. The zero-order valence-corrected chi connectivity index (χ0v) is 13.2. The topological polar surface area (TPSA) is 58.6 Å². The number of hydrogen-bond donors (Lipinski definition) is 1. The highest BCUT2D eigenvalue weighted by molar-refractivity contribution is 5.85. The predicted molar refractivity (Wildman–Crippen MR) is 84.2 cm³/mol. The van der Waals surface area contributed by atoms with Crippen molar-refractivity contribution in [1.82, 2.24) is 10.2 Å². The highest BCUT2D eigenvalue weighted by Gasteiger charge is 2.25. The number of nitrogens with zero attached hydrogens (tertiary/aromatic N) is 1. The molecule has 1 aromatic carbocycles. The molecule has 0 radical (unpaired) electrons. The molecule has 120 valence electrons. The zero-order valence-electron chi connectivity index (χ0n) is 13.2. The van der Waals surface area contributed by atoms with E-state index in [0.717, 1.165) is 31.5 Å². The Kier molecular flexibility index (Phi) is 5.81. The normalized spacial score (nSPS) is 16.9. The first-order valence-corrected chi connectivity index (χ1v) is 7.82. The molecule has 1 atom stereocenters. The molecule has 2 rings (SSSR count). The van der Waals surface area contributed by atoms with E-state index in [1.807, 2.05) is 35.2 Å². The molecule has 0 aliphatic carbocycles. The summed E-state index contributed by atoms with van der Waals surface area (Å²) in [6.07, 6.45) is 1.49. The summed E-state index contributed by atoms with van der Waals surface area (Å²) in [5, 5.41) is 2.61. The van der Waals surface area contributed by atoms with Crippen molar-refractivity contribution in [2.75, 3.05) is 13.1 Å². The van der Waals surface area contributed by atoms with E-state index in [4.69, 9.17) is 4.74 Å². The van der Waals surface area contributed by atoms with Gasteiger partial charge >= 0.3 is 6.09 Å². The molecule has 5 heteroatoms. The Morgan fingerprint density at radius 2 is 1.91 bits per heavy atom. The third-order valence-corrected chi connectivity index (χ3v) is 4.01. The van der Waals surface area contributed by atoms with E-state index in [1.165, 1.54) is 0 Å². The number of likely N-dealkylation sites (tertiary alicyclic amines) is 1. The molecule has 1 N–H and O–H groups in total. The van der Waals surface area contributed by atoms with Crippen molar-refractivity contribution in [2.45, 2.75) is 39.3 Å². The second-order valence-electron chi connectivity index (χ2n) is 5.94. The van der Waals surface area contributed by atoms with Crippen LogP contribution < -0.4 is 5.32 Å². The van der Waals surface area contributed by atoms with Gasteiger partial charge in [-0.2, -0.15) is 0 Å². The van der Waals surface area contributed by atoms with Gasteiger partial charge in [-0.05, 0) is 31.2 Å². The zero-order chi connectivity index (χ0) is 15.9. The van der Waals surface area contributed by atoms with E-state index < -0.39 is 12.1 Å². The van der Waals surface area contributed by atoms with E-state index in [1.54, 1.807) is 6.92 Å². The second kappa shape index (κ2) is 7.82. The first kappa shape index (κ1) is 16.3. The highest BCUT2D eigenvalue weighted by Crippen LogP contribution is 2.16. The van der Waals surface area contributed by atoms with Crippen LogP contribution in [0.3, 0.4) is 0 Å². The molecule has 0 saturated carbocycles. The minimum absolute atomic E-state index is 0.0384. The number of carbonyl (C=O) groups excluding carboxylic acids is 2. The van der Waals surface area contributed by atoms with Crippen LogP contribution in [-0.2, 0) is 16.1 Å². The summed E-state index contributed by atoms with van der Waals surface area (Å²) in [4.78, 5) is 25.9. The average molecular weight is 304 g/mol. The number of piperidine rings is 1. The molecule has 1 aliphatic heterocycles. The lowest BCUT2D eigenvalue weighted by atomic mass is 9.99. The van der Waals surface area contributed by atoms with Gasteiger partial charge in [0.25, 0.3) is 0 Å². The number of alkyl carbamates (subject to hydrolysis) is 1. The van der Waals surface area contributed by atoms with Crippen molar-refractivity contribution in [3.05, 3.63) is 35.9 Å². The Hall–Kier alpha value is -2.04. The molecule has 1 aromatic rings. The van der Waals surface area contributed by atoms with Crippen LogP contribution >= 0.6 is 0 Å². The van der Waals surface area contributed by atoms with Gasteiger partial charge in [-0.1, -0.05) is 37.3 Å². The number of benzene rings is 1. The number of hydrogen-bond acceptors (Lipinski definition) is 3. The van der Waals surface area contributed by atoms with Crippen LogP contribution in [0.1, 0.15) is 32.3 Å². The third-order valence-electron chi connectivity index (χ3n) is 4.01. The fraction of sp³-hybridized carbons (Fsp3) is 0.529. The Morgan fingerprint density at radius 3 is 2.55 bits per heavy atom. The van der Waals surface area contributed by atoms with Crippen LogP contribution in [0.15, 0.2) is 30.3 Å². The molecule has 0 aromatic heterocycles. The van der Waals surface area contributed by atoms with Crippen LogP contribution in [0, 0.1) is 5.92 Å². The van der Waals surface area contributed by atoms with Gasteiger partial charge in [-0.25, -0.2) is 4.79 Å². The van der Waals surface area contributed by atoms with Gasteiger partial charge in [-0.3, -0.25) is 4.79 Å². The molecular weight excluding hydrogens is 280 g/mol. The number of rotatable bonds is 4. The van der Waals surface area contributed by atoms with Crippen LogP contribution in [0.4, 0.5) is 4.79 Å². The molecule has 1 heterocycles. The SMILES string of the molecule is CC1CCN(C(=O)C(C)NC(=O)OCc2ccccc2)CC1. The lowest BCUT2D eigenvalue weighted by Crippen LogP contribution is -2.49. The number of ether oxygens (including phenoxy) is 1. The van der Waals surface area contributed by atoms with Crippen LogP contribution in [-0.4, -0.2) is 36.0 Å². The first-order chi connectivity index (χ1) is 10.6. The van der Waals surface area contributed by atoms with Crippen molar-refractivity contribution >= 4 is 12.0 Å². The molecular formula is C17H24N2O3. The van der Waals surface area contributed by atoms with Gasteiger partial charge in [0.05, 0.1) is 0 Å². The van der Waals surface area contributed by atoms with Crippen molar-refractivity contribution in [1.29, 1.82) is 0 Å². The maximum atomic E-state index is 12.3. The smallest absolute Gasteiger partial charge is 0.408 e. The number of nitrogens with one attached hydrogen (secondary N) is 1. The van der Waals surface area contributed by atoms with Crippen molar-refractivity contribution in [2.24, 2.45) is 5.92 Å². The molecule has 0 spiro atoms. The quantitative estimate of drug-likeness (QED) is 0.930. The summed E-state index contributed by atoms with van der Waals surface area (Å²) in [7, 11) is 0. The van der Waals surface area contributed by atoms with Crippen LogP contribution in [0.25, 0.3) is 0 Å². The van der Waals surface area contributed by atoms with Gasteiger partial charge in [0.2, 0.25) is 5.91 Å². The highest BCUT2D eigenvalue weighted by atomic mass is 16.5. The Labute approximate surface area is 131 Å². The predicted octanol–water partition coefficient (Wildman–Crippen LogP) is 2.56. The van der Waals surface area contributed by atoms with Gasteiger partial charge in [0.1, 0.15) is 12.6 Å². The minimum Gasteiger partial charge on any atom is -0.445 e. The van der Waals surface area contributed by atoms with Gasteiger partial charge < -0.3 is 15.0 Å². The molecule has 1 aliphatic rings. The van der Waals surface area contributed by atoms with Gasteiger partial charge in [0.15, 0.2) is 0 Å². The fourth-order valence-electron chi connectivity index (χ4n) is 2.51. The lowest BCUT2D eigenvalue weighted by molar-refractivity contribution is -0.134. The molecule has 5 nitrogen and oxygen atoms in total.